The molecule has 1 aliphatic carbocycles. The Morgan fingerprint density at radius 1 is 1.00 bits per heavy atom. The number of allylic oxidation sites excluding steroid dienone is 3. The summed E-state index contributed by atoms with van der Waals surface area (Å²) in [6.07, 6.45) is 10.2. The molecule has 0 saturated heterocycles. The van der Waals surface area contributed by atoms with Crippen LogP contribution < -0.4 is 0 Å². The zero-order chi connectivity index (χ0) is 15.2. The van der Waals surface area contributed by atoms with Gasteiger partial charge >= 0.3 is 0 Å². The second kappa shape index (κ2) is 7.04. The average Bonchev–Trinajstić information content (AvgIpc) is 2.58. The van der Waals surface area contributed by atoms with Crippen LogP contribution in [0.25, 0.3) is 11.6 Å². The number of aldehydes is 1. The second-order valence-corrected chi connectivity index (χ2v) is 5.70. The first-order valence-corrected chi connectivity index (χ1v) is 7.83. The fraction of sp³-hybridized carbons (Fsp3) is 0.190. The van der Waals surface area contributed by atoms with Crippen LogP contribution in [0.4, 0.5) is 0 Å². The Bertz CT molecular complexity index is 695. The van der Waals surface area contributed by atoms with Crippen molar-refractivity contribution >= 4 is 17.9 Å². The van der Waals surface area contributed by atoms with Crippen LogP contribution in [0.5, 0.6) is 0 Å². The van der Waals surface area contributed by atoms with Crippen LogP contribution in [0.15, 0.2) is 66.7 Å². The van der Waals surface area contributed by atoms with Gasteiger partial charge in [-0.1, -0.05) is 66.7 Å². The van der Waals surface area contributed by atoms with Gasteiger partial charge in [0.1, 0.15) is 6.29 Å². The molecule has 1 heteroatoms. The second-order valence-electron chi connectivity index (χ2n) is 5.70. The summed E-state index contributed by atoms with van der Waals surface area (Å²) in [6, 6.07) is 18.8. The van der Waals surface area contributed by atoms with Crippen molar-refractivity contribution in [2.45, 2.75) is 19.3 Å². The Morgan fingerprint density at radius 2 is 1.77 bits per heavy atom. The molecular weight excluding hydrogens is 268 g/mol. The molecule has 1 aliphatic rings. The Labute approximate surface area is 132 Å². The van der Waals surface area contributed by atoms with E-state index in [2.05, 4.69) is 48.6 Å². The van der Waals surface area contributed by atoms with Crippen molar-refractivity contribution in [2.24, 2.45) is 5.92 Å². The van der Waals surface area contributed by atoms with Crippen molar-refractivity contribution in [2.75, 3.05) is 0 Å². The minimum Gasteiger partial charge on any atom is -0.299 e. The quantitative estimate of drug-likeness (QED) is 0.575. The molecular formula is C21H20O. The van der Waals surface area contributed by atoms with Crippen LogP contribution in [-0.4, -0.2) is 6.29 Å². The molecule has 0 aromatic heterocycles. The molecule has 22 heavy (non-hydrogen) atoms. The third kappa shape index (κ3) is 3.25. The van der Waals surface area contributed by atoms with E-state index in [0.717, 1.165) is 25.5 Å². The predicted octanol–water partition coefficient (Wildman–Crippen LogP) is 4.93. The molecule has 0 unspecified atom stereocenters. The first kappa shape index (κ1) is 14.5. The maximum Gasteiger partial charge on any atom is 0.143 e. The summed E-state index contributed by atoms with van der Waals surface area (Å²) in [6.45, 7) is 0. The molecule has 3 rings (SSSR count). The molecule has 0 aliphatic heterocycles. The van der Waals surface area contributed by atoms with E-state index in [4.69, 9.17) is 0 Å². The van der Waals surface area contributed by atoms with Crippen LogP contribution in [-0.2, 0) is 11.2 Å². The van der Waals surface area contributed by atoms with Crippen molar-refractivity contribution < 1.29 is 4.79 Å². The maximum absolute atomic E-state index is 11.0. The zero-order valence-corrected chi connectivity index (χ0v) is 12.6. The fourth-order valence-corrected chi connectivity index (χ4v) is 3.20. The third-order valence-corrected chi connectivity index (χ3v) is 4.31. The van der Waals surface area contributed by atoms with Gasteiger partial charge in [-0.05, 0) is 53.5 Å². The SMILES string of the molecule is O=C/C=C1/c2ccccc2CC[C@H]1C/C=C/c1ccccc1. The summed E-state index contributed by atoms with van der Waals surface area (Å²) in [5.74, 6) is 0.431. The highest BCUT2D eigenvalue weighted by atomic mass is 16.1. The molecule has 2 aromatic carbocycles. The lowest BCUT2D eigenvalue weighted by atomic mass is 9.78. The Kier molecular flexibility index (Phi) is 4.65. The molecule has 0 heterocycles. The number of benzene rings is 2. The summed E-state index contributed by atoms with van der Waals surface area (Å²) >= 11 is 0. The largest absolute Gasteiger partial charge is 0.299 e. The van der Waals surface area contributed by atoms with Crippen molar-refractivity contribution in [1.29, 1.82) is 0 Å². The lowest BCUT2D eigenvalue weighted by Crippen LogP contribution is -2.13. The summed E-state index contributed by atoms with van der Waals surface area (Å²) in [7, 11) is 0. The van der Waals surface area contributed by atoms with Crippen LogP contribution in [0.1, 0.15) is 29.5 Å². The Balaban J connectivity index is 1.78. The van der Waals surface area contributed by atoms with Gasteiger partial charge in [-0.3, -0.25) is 4.79 Å². The monoisotopic (exact) mass is 288 g/mol. The van der Waals surface area contributed by atoms with Gasteiger partial charge in [0.15, 0.2) is 0 Å². The van der Waals surface area contributed by atoms with E-state index in [1.54, 1.807) is 6.08 Å². The van der Waals surface area contributed by atoms with Gasteiger partial charge in [-0.25, -0.2) is 0 Å². The number of hydrogen-bond acceptors (Lipinski definition) is 1. The highest BCUT2D eigenvalue weighted by molar-refractivity contribution is 5.84. The normalized spacial score (nSPS) is 19.3. The molecule has 110 valence electrons. The van der Waals surface area contributed by atoms with Gasteiger partial charge in [0.05, 0.1) is 0 Å². The summed E-state index contributed by atoms with van der Waals surface area (Å²) in [4.78, 5) is 11.0. The predicted molar refractivity (Wildman–Crippen MR) is 92.4 cm³/mol. The van der Waals surface area contributed by atoms with E-state index in [1.807, 2.05) is 18.2 Å². The smallest absolute Gasteiger partial charge is 0.143 e. The maximum atomic E-state index is 11.0. The molecule has 0 N–H and O–H groups in total. The lowest BCUT2D eigenvalue weighted by Gasteiger charge is -2.27. The summed E-state index contributed by atoms with van der Waals surface area (Å²) < 4.78 is 0. The Hall–Kier alpha value is -2.41. The van der Waals surface area contributed by atoms with Gasteiger partial charge in [-0.2, -0.15) is 0 Å². The number of fused-ring (bicyclic) bond motifs is 1. The van der Waals surface area contributed by atoms with Crippen LogP contribution >= 0.6 is 0 Å². The van der Waals surface area contributed by atoms with E-state index in [1.165, 1.54) is 22.3 Å². The van der Waals surface area contributed by atoms with Crippen LogP contribution in [0.2, 0.25) is 0 Å². The van der Waals surface area contributed by atoms with Crippen molar-refractivity contribution in [3.05, 3.63) is 83.4 Å². The molecule has 0 spiro atoms. The summed E-state index contributed by atoms with van der Waals surface area (Å²) in [5.41, 5.74) is 5.02. The van der Waals surface area contributed by atoms with Gasteiger partial charge < -0.3 is 0 Å². The van der Waals surface area contributed by atoms with Crippen molar-refractivity contribution in [3.63, 3.8) is 0 Å². The third-order valence-electron chi connectivity index (χ3n) is 4.31. The average molecular weight is 288 g/mol. The molecule has 0 amide bonds. The molecule has 0 bridgehead atoms. The number of hydrogen-bond donors (Lipinski definition) is 0. The van der Waals surface area contributed by atoms with Crippen LogP contribution in [0, 0.1) is 5.92 Å². The van der Waals surface area contributed by atoms with Gasteiger partial charge in [0.25, 0.3) is 0 Å². The number of rotatable bonds is 4. The minimum atomic E-state index is 0.431. The molecule has 0 fully saturated rings. The van der Waals surface area contributed by atoms with Crippen LogP contribution in [0.3, 0.4) is 0 Å². The highest BCUT2D eigenvalue weighted by Crippen LogP contribution is 2.37. The number of carbonyl (C=O) groups is 1. The first-order valence-electron chi connectivity index (χ1n) is 7.83. The molecule has 1 nitrogen and oxygen atoms in total. The van der Waals surface area contributed by atoms with E-state index in [9.17, 15) is 4.79 Å². The van der Waals surface area contributed by atoms with Gasteiger partial charge in [-0.15, -0.1) is 0 Å². The first-order chi connectivity index (χ1) is 10.9. The Morgan fingerprint density at radius 3 is 2.59 bits per heavy atom. The number of aryl methyl sites for hydroxylation is 1. The highest BCUT2D eigenvalue weighted by Gasteiger charge is 2.22. The molecule has 0 saturated carbocycles. The molecule has 2 aromatic rings. The number of carbonyl (C=O) groups excluding carboxylic acids is 1. The van der Waals surface area contributed by atoms with E-state index >= 15 is 0 Å². The van der Waals surface area contributed by atoms with E-state index < -0.39 is 0 Å². The minimum absolute atomic E-state index is 0.431. The topological polar surface area (TPSA) is 17.1 Å². The fourth-order valence-electron chi connectivity index (χ4n) is 3.20. The van der Waals surface area contributed by atoms with Crippen molar-refractivity contribution in [3.8, 4) is 0 Å². The zero-order valence-electron chi connectivity index (χ0n) is 12.6. The standard InChI is InChI=1S/C21H20O/c22-16-15-21-19(11-6-9-17-7-2-1-3-8-17)14-13-18-10-4-5-12-20(18)21/h1-10,12,15-16,19H,11,13-14H2/b9-6+,21-15+/t19-/m1/s1. The van der Waals surface area contributed by atoms with E-state index in [-0.39, 0.29) is 0 Å². The summed E-state index contributed by atoms with van der Waals surface area (Å²) in [5, 5.41) is 0. The van der Waals surface area contributed by atoms with E-state index in [0.29, 0.717) is 5.92 Å². The molecule has 0 radical (unpaired) electrons. The lowest BCUT2D eigenvalue weighted by molar-refractivity contribution is -0.104. The van der Waals surface area contributed by atoms with Gasteiger partial charge in [0, 0.05) is 0 Å². The van der Waals surface area contributed by atoms with Gasteiger partial charge in [0.2, 0.25) is 0 Å². The van der Waals surface area contributed by atoms with Crippen molar-refractivity contribution in [1.82, 2.24) is 0 Å². The molecule has 1 atom stereocenters.